The Morgan fingerprint density at radius 1 is 1.36 bits per heavy atom. The minimum atomic E-state index is -0.998. The van der Waals surface area contributed by atoms with E-state index < -0.39 is 12.3 Å². The van der Waals surface area contributed by atoms with Gasteiger partial charge in [0.15, 0.2) is 0 Å². The third kappa shape index (κ3) is 2.05. The molecule has 0 aliphatic carbocycles. The highest BCUT2D eigenvalue weighted by Crippen LogP contribution is 2.28. The number of imidazole rings is 1. The summed E-state index contributed by atoms with van der Waals surface area (Å²) in [5.41, 5.74) is 1.67. The van der Waals surface area contributed by atoms with E-state index in [1.165, 1.54) is 0 Å². The number of nitrogens with zero attached hydrogens (tertiary/aromatic N) is 4. The number of halogens is 1. The molecule has 1 aliphatic heterocycles. The van der Waals surface area contributed by atoms with Crippen molar-refractivity contribution in [1.29, 1.82) is 0 Å². The maximum absolute atomic E-state index is 13.4. The molecule has 0 radical (unpaired) electrons. The Morgan fingerprint density at radius 3 is 3.05 bits per heavy atom. The van der Waals surface area contributed by atoms with Crippen molar-refractivity contribution >= 4 is 22.1 Å². The van der Waals surface area contributed by atoms with Gasteiger partial charge >= 0.3 is 0 Å². The Hall–Kier alpha value is -2.12. The van der Waals surface area contributed by atoms with E-state index in [0.29, 0.717) is 29.6 Å². The lowest BCUT2D eigenvalue weighted by Crippen LogP contribution is -2.35. The first-order chi connectivity index (χ1) is 10.7. The molecular formula is C15H15FN4O2. The molecule has 1 fully saturated rings. The van der Waals surface area contributed by atoms with Crippen molar-refractivity contribution in [2.75, 3.05) is 13.2 Å². The molecule has 1 saturated heterocycles. The minimum absolute atomic E-state index is 0.235. The van der Waals surface area contributed by atoms with Crippen LogP contribution in [-0.2, 0) is 18.0 Å². The normalized spacial score (nSPS) is 21.9. The summed E-state index contributed by atoms with van der Waals surface area (Å²) in [6.07, 6.45) is 3.81. The summed E-state index contributed by atoms with van der Waals surface area (Å²) < 4.78 is 20.4. The number of hydrogen-bond donors (Lipinski definition) is 1. The Kier molecular flexibility index (Phi) is 3.05. The van der Waals surface area contributed by atoms with E-state index in [1.54, 1.807) is 23.0 Å². The second-order valence-corrected chi connectivity index (χ2v) is 5.64. The van der Waals surface area contributed by atoms with Crippen LogP contribution in [0.15, 0.2) is 24.5 Å². The van der Waals surface area contributed by atoms with Crippen LogP contribution in [0.5, 0.6) is 0 Å². The van der Waals surface area contributed by atoms with Crippen LogP contribution >= 0.6 is 0 Å². The molecule has 4 heterocycles. The van der Waals surface area contributed by atoms with Gasteiger partial charge in [0, 0.05) is 19.2 Å². The van der Waals surface area contributed by atoms with E-state index in [2.05, 4.69) is 15.0 Å². The van der Waals surface area contributed by atoms with Crippen LogP contribution in [0.4, 0.5) is 4.39 Å². The quantitative estimate of drug-likeness (QED) is 0.795. The summed E-state index contributed by atoms with van der Waals surface area (Å²) in [5.74, 6) is 0.273. The molecule has 3 aromatic heterocycles. The van der Waals surface area contributed by atoms with Crippen LogP contribution in [0.25, 0.3) is 22.1 Å². The molecule has 4 rings (SSSR count). The summed E-state index contributed by atoms with van der Waals surface area (Å²) in [6.45, 7) is 0.280. The van der Waals surface area contributed by atoms with Gasteiger partial charge in [0.25, 0.3) is 0 Å². The van der Waals surface area contributed by atoms with Gasteiger partial charge in [0.2, 0.25) is 0 Å². The molecule has 0 amide bonds. The average molecular weight is 302 g/mol. The number of fused-ring (bicyclic) bond motifs is 3. The van der Waals surface area contributed by atoms with Crippen LogP contribution in [0.2, 0.25) is 0 Å². The summed E-state index contributed by atoms with van der Waals surface area (Å²) >= 11 is 0. The zero-order valence-corrected chi connectivity index (χ0v) is 11.9. The van der Waals surface area contributed by atoms with Crippen molar-refractivity contribution < 1.29 is 14.2 Å². The van der Waals surface area contributed by atoms with Crippen molar-refractivity contribution in [3.8, 4) is 0 Å². The summed E-state index contributed by atoms with van der Waals surface area (Å²) in [7, 11) is 0. The fraction of sp³-hybridized carbons (Fsp3) is 0.400. The molecule has 0 saturated carbocycles. The summed E-state index contributed by atoms with van der Waals surface area (Å²) in [6, 6.07) is 3.65. The number of hydrogen-bond acceptors (Lipinski definition) is 5. The lowest BCUT2D eigenvalue weighted by Gasteiger charge is -2.22. The zero-order valence-electron chi connectivity index (χ0n) is 11.9. The number of rotatable bonds is 3. The zero-order chi connectivity index (χ0) is 15.2. The highest BCUT2D eigenvalue weighted by Gasteiger charge is 2.34. The maximum Gasteiger partial charge on any atom is 0.147 e. The van der Waals surface area contributed by atoms with Gasteiger partial charge in [0.1, 0.15) is 29.1 Å². The van der Waals surface area contributed by atoms with Crippen LogP contribution < -0.4 is 0 Å². The largest absolute Gasteiger partial charge is 0.386 e. The van der Waals surface area contributed by atoms with E-state index in [1.807, 2.05) is 6.07 Å². The molecule has 1 unspecified atom stereocenters. The number of aromatic nitrogens is 4. The maximum atomic E-state index is 13.4. The standard InChI is InChI=1S/C15H15FN4O2/c16-6-12-19-11-7-18-10-2-1-4-17-13(10)14(11)20(12)8-15(21)3-5-22-9-15/h1-2,4,7,21H,3,5-6,8-9H2. The second-order valence-electron chi connectivity index (χ2n) is 5.64. The molecule has 7 heteroatoms. The lowest BCUT2D eigenvalue weighted by atomic mass is 10.0. The van der Waals surface area contributed by atoms with Crippen LogP contribution in [0.1, 0.15) is 12.2 Å². The SMILES string of the molecule is OC1(Cn2c(CF)nc3cnc4cccnc4c32)CCOC1. The predicted octanol–water partition coefficient (Wildman–Crippen LogP) is 1.60. The predicted molar refractivity (Wildman–Crippen MR) is 78.0 cm³/mol. The van der Waals surface area contributed by atoms with Gasteiger partial charge in [-0.05, 0) is 12.1 Å². The number of ether oxygens (including phenoxy) is 1. The minimum Gasteiger partial charge on any atom is -0.386 e. The Labute approximate surface area is 125 Å². The molecule has 3 aromatic rings. The average Bonchev–Trinajstić information content (AvgIpc) is 3.12. The molecule has 1 N–H and O–H groups in total. The molecule has 0 aromatic carbocycles. The van der Waals surface area contributed by atoms with Gasteiger partial charge in [-0.2, -0.15) is 0 Å². The van der Waals surface area contributed by atoms with Gasteiger partial charge < -0.3 is 14.4 Å². The Morgan fingerprint density at radius 2 is 2.27 bits per heavy atom. The molecule has 1 atom stereocenters. The van der Waals surface area contributed by atoms with Gasteiger partial charge in [-0.15, -0.1) is 0 Å². The first-order valence-corrected chi connectivity index (χ1v) is 7.15. The van der Waals surface area contributed by atoms with Gasteiger partial charge in [-0.25, -0.2) is 9.37 Å². The van der Waals surface area contributed by atoms with E-state index in [-0.39, 0.29) is 19.0 Å². The smallest absolute Gasteiger partial charge is 0.147 e. The first-order valence-electron chi connectivity index (χ1n) is 7.15. The fourth-order valence-electron chi connectivity index (χ4n) is 2.96. The summed E-state index contributed by atoms with van der Waals surface area (Å²) in [4.78, 5) is 12.9. The van der Waals surface area contributed by atoms with Crippen LogP contribution in [-0.4, -0.2) is 43.4 Å². The van der Waals surface area contributed by atoms with E-state index in [4.69, 9.17) is 4.74 Å². The molecule has 114 valence electrons. The topological polar surface area (TPSA) is 73.1 Å². The van der Waals surface area contributed by atoms with E-state index in [9.17, 15) is 9.50 Å². The molecule has 1 aliphatic rings. The van der Waals surface area contributed by atoms with Gasteiger partial charge in [-0.3, -0.25) is 9.97 Å². The second kappa shape index (κ2) is 4.96. The Bertz CT molecular complexity index is 842. The van der Waals surface area contributed by atoms with Crippen molar-refractivity contribution in [2.45, 2.75) is 25.2 Å². The van der Waals surface area contributed by atoms with Crippen molar-refractivity contribution in [2.24, 2.45) is 0 Å². The first kappa shape index (κ1) is 13.5. The molecule has 0 spiro atoms. The van der Waals surface area contributed by atoms with Gasteiger partial charge in [0.05, 0.1) is 30.4 Å². The highest BCUT2D eigenvalue weighted by atomic mass is 19.1. The van der Waals surface area contributed by atoms with Crippen molar-refractivity contribution in [1.82, 2.24) is 19.5 Å². The molecule has 6 nitrogen and oxygen atoms in total. The van der Waals surface area contributed by atoms with E-state index in [0.717, 1.165) is 5.52 Å². The van der Waals surface area contributed by atoms with Crippen LogP contribution in [0, 0.1) is 0 Å². The lowest BCUT2D eigenvalue weighted by molar-refractivity contribution is 0.0118. The monoisotopic (exact) mass is 302 g/mol. The molecule has 22 heavy (non-hydrogen) atoms. The Balaban J connectivity index is 1.96. The fourth-order valence-corrected chi connectivity index (χ4v) is 2.96. The van der Waals surface area contributed by atoms with Gasteiger partial charge in [-0.1, -0.05) is 0 Å². The van der Waals surface area contributed by atoms with Crippen molar-refractivity contribution in [3.05, 3.63) is 30.4 Å². The third-order valence-corrected chi connectivity index (χ3v) is 4.06. The molecule has 0 bridgehead atoms. The number of pyridine rings is 2. The highest BCUT2D eigenvalue weighted by molar-refractivity contribution is 5.99. The van der Waals surface area contributed by atoms with Crippen molar-refractivity contribution in [3.63, 3.8) is 0 Å². The van der Waals surface area contributed by atoms with E-state index >= 15 is 0 Å². The number of alkyl halides is 1. The summed E-state index contributed by atoms with van der Waals surface area (Å²) in [5, 5.41) is 10.6. The number of aliphatic hydroxyl groups is 1. The van der Waals surface area contributed by atoms with Crippen LogP contribution in [0.3, 0.4) is 0 Å². The molecular weight excluding hydrogens is 287 g/mol. The third-order valence-electron chi connectivity index (χ3n) is 4.06.